The molecule has 1 amide bonds. The molecule has 0 saturated carbocycles. The smallest absolute Gasteiger partial charge is 0.410 e. The van der Waals surface area contributed by atoms with Gasteiger partial charge in [0.2, 0.25) is 0 Å². The van der Waals surface area contributed by atoms with Crippen molar-refractivity contribution in [3.05, 3.63) is 35.1 Å². The van der Waals surface area contributed by atoms with Crippen molar-refractivity contribution in [2.45, 2.75) is 38.8 Å². The van der Waals surface area contributed by atoms with E-state index in [0.29, 0.717) is 13.1 Å². The fraction of sp³-hybridized carbons (Fsp3) is 0.533. The van der Waals surface area contributed by atoms with Crippen molar-refractivity contribution in [1.29, 1.82) is 0 Å². The van der Waals surface area contributed by atoms with Crippen LogP contribution in [0.3, 0.4) is 0 Å². The highest BCUT2D eigenvalue weighted by Crippen LogP contribution is 2.32. The van der Waals surface area contributed by atoms with Gasteiger partial charge in [-0.05, 0) is 51.0 Å². The minimum atomic E-state index is -0.691. The molecule has 0 aliphatic carbocycles. The summed E-state index contributed by atoms with van der Waals surface area (Å²) >= 11 is 0. The fourth-order valence-electron chi connectivity index (χ4n) is 2.39. The lowest BCUT2D eigenvalue weighted by Gasteiger charge is -2.48. The molecule has 0 unspecified atom stereocenters. The maximum atomic E-state index is 13.4. The predicted octanol–water partition coefficient (Wildman–Crippen LogP) is 2.54. The number of carbonyl (C=O) groups excluding carboxylic acids is 1. The van der Waals surface area contributed by atoms with E-state index in [-0.39, 0.29) is 11.9 Å². The van der Waals surface area contributed by atoms with Crippen molar-refractivity contribution in [3.8, 4) is 0 Å². The average molecular weight is 280 g/mol. The number of likely N-dealkylation sites (tertiary alicyclic amines) is 1. The van der Waals surface area contributed by atoms with Crippen molar-refractivity contribution < 1.29 is 13.9 Å². The molecule has 1 aliphatic heterocycles. The van der Waals surface area contributed by atoms with E-state index in [9.17, 15) is 9.18 Å². The number of hydrogen-bond donors (Lipinski definition) is 1. The number of nitrogens with two attached hydrogens (primary N) is 1. The molecule has 0 atom stereocenters. The summed E-state index contributed by atoms with van der Waals surface area (Å²) in [7, 11) is 0. The Morgan fingerprint density at radius 2 is 2.00 bits per heavy atom. The molecule has 1 fully saturated rings. The Kier molecular flexibility index (Phi) is 3.50. The van der Waals surface area contributed by atoms with Crippen molar-refractivity contribution in [2.75, 3.05) is 13.1 Å². The first-order valence-corrected chi connectivity index (χ1v) is 6.64. The van der Waals surface area contributed by atoms with Gasteiger partial charge in [0.15, 0.2) is 0 Å². The summed E-state index contributed by atoms with van der Waals surface area (Å²) < 4.78 is 18.6. The van der Waals surface area contributed by atoms with Gasteiger partial charge in [-0.3, -0.25) is 0 Å². The first-order valence-electron chi connectivity index (χ1n) is 6.64. The molecular weight excluding hydrogens is 259 g/mol. The summed E-state index contributed by atoms with van der Waals surface area (Å²) in [6.45, 7) is 8.02. The molecule has 0 aromatic heterocycles. The minimum absolute atomic E-state index is 0.314. The molecule has 4 nitrogen and oxygen atoms in total. The van der Waals surface area contributed by atoms with Gasteiger partial charge in [0, 0.05) is 13.1 Å². The van der Waals surface area contributed by atoms with Crippen LogP contribution >= 0.6 is 0 Å². The van der Waals surface area contributed by atoms with E-state index in [1.807, 2.05) is 27.7 Å². The number of carbonyl (C=O) groups is 1. The molecule has 110 valence electrons. The third-order valence-electron chi connectivity index (χ3n) is 3.33. The van der Waals surface area contributed by atoms with Crippen LogP contribution in [0.4, 0.5) is 9.18 Å². The number of aryl methyl sites for hydroxylation is 1. The standard InChI is InChI=1S/C15H21FN2O2/c1-10-5-6-11(16)7-12(10)15(17)8-18(9-15)13(19)20-14(2,3)4/h5-7H,8-9,17H2,1-4H3. The summed E-state index contributed by atoms with van der Waals surface area (Å²) in [5, 5.41) is 0. The summed E-state index contributed by atoms with van der Waals surface area (Å²) in [5.41, 5.74) is 6.73. The van der Waals surface area contributed by atoms with Crippen LogP contribution < -0.4 is 5.73 Å². The van der Waals surface area contributed by atoms with E-state index in [2.05, 4.69) is 0 Å². The van der Waals surface area contributed by atoms with Gasteiger partial charge in [0.25, 0.3) is 0 Å². The van der Waals surface area contributed by atoms with Gasteiger partial charge < -0.3 is 15.4 Å². The maximum absolute atomic E-state index is 13.4. The minimum Gasteiger partial charge on any atom is -0.444 e. The molecule has 2 N–H and O–H groups in total. The Labute approximate surface area is 118 Å². The van der Waals surface area contributed by atoms with Crippen LogP contribution in [-0.4, -0.2) is 29.7 Å². The van der Waals surface area contributed by atoms with Gasteiger partial charge in [-0.15, -0.1) is 0 Å². The number of ether oxygens (including phenoxy) is 1. The fourth-order valence-corrected chi connectivity index (χ4v) is 2.39. The summed E-state index contributed by atoms with van der Waals surface area (Å²) in [6, 6.07) is 4.56. The molecule has 1 aromatic rings. The largest absolute Gasteiger partial charge is 0.444 e. The van der Waals surface area contributed by atoms with Gasteiger partial charge in [-0.25, -0.2) is 9.18 Å². The van der Waals surface area contributed by atoms with Crippen LogP contribution in [0.15, 0.2) is 18.2 Å². The predicted molar refractivity (Wildman–Crippen MR) is 74.8 cm³/mol. The first kappa shape index (κ1) is 14.8. The van der Waals surface area contributed by atoms with E-state index in [1.165, 1.54) is 17.0 Å². The third kappa shape index (κ3) is 2.93. The van der Waals surface area contributed by atoms with Crippen molar-refractivity contribution in [1.82, 2.24) is 4.90 Å². The van der Waals surface area contributed by atoms with Gasteiger partial charge >= 0.3 is 6.09 Å². The van der Waals surface area contributed by atoms with Crippen LogP contribution in [0.2, 0.25) is 0 Å². The molecule has 0 bridgehead atoms. The lowest BCUT2D eigenvalue weighted by molar-refractivity contribution is -0.00904. The normalized spacial score (nSPS) is 17.6. The van der Waals surface area contributed by atoms with Crippen LogP contribution in [0, 0.1) is 12.7 Å². The lowest BCUT2D eigenvalue weighted by atomic mass is 9.81. The van der Waals surface area contributed by atoms with Crippen molar-refractivity contribution in [2.24, 2.45) is 5.73 Å². The second-order valence-corrected chi connectivity index (χ2v) is 6.45. The highest BCUT2D eigenvalue weighted by molar-refractivity contribution is 5.70. The monoisotopic (exact) mass is 280 g/mol. The number of hydrogen-bond acceptors (Lipinski definition) is 3. The molecule has 1 saturated heterocycles. The highest BCUT2D eigenvalue weighted by atomic mass is 19.1. The number of amides is 1. The molecule has 1 aliphatic rings. The number of nitrogens with zero attached hydrogens (tertiary/aromatic N) is 1. The topological polar surface area (TPSA) is 55.6 Å². The summed E-state index contributed by atoms with van der Waals surface area (Å²) in [5.74, 6) is -0.314. The van der Waals surface area contributed by atoms with E-state index >= 15 is 0 Å². The Bertz CT molecular complexity index is 531. The van der Waals surface area contributed by atoms with E-state index in [1.54, 1.807) is 6.07 Å². The van der Waals surface area contributed by atoms with Crippen molar-refractivity contribution in [3.63, 3.8) is 0 Å². The number of rotatable bonds is 1. The highest BCUT2D eigenvalue weighted by Gasteiger charge is 2.45. The van der Waals surface area contributed by atoms with Gasteiger partial charge in [-0.2, -0.15) is 0 Å². The Morgan fingerprint density at radius 1 is 1.40 bits per heavy atom. The van der Waals surface area contributed by atoms with Crippen LogP contribution in [0.25, 0.3) is 0 Å². The SMILES string of the molecule is Cc1ccc(F)cc1C1(N)CN(C(=O)OC(C)(C)C)C1. The zero-order valence-electron chi connectivity index (χ0n) is 12.4. The maximum Gasteiger partial charge on any atom is 0.410 e. The zero-order valence-corrected chi connectivity index (χ0v) is 12.4. The van der Waals surface area contributed by atoms with Gasteiger partial charge in [0.05, 0.1) is 5.54 Å². The lowest BCUT2D eigenvalue weighted by Crippen LogP contribution is -2.66. The number of halogens is 1. The second-order valence-electron chi connectivity index (χ2n) is 6.45. The first-order chi connectivity index (χ1) is 9.11. The Hall–Kier alpha value is -1.62. The summed E-state index contributed by atoms with van der Waals surface area (Å²) in [6.07, 6.45) is -0.382. The van der Waals surface area contributed by atoms with Crippen molar-refractivity contribution >= 4 is 6.09 Å². The Morgan fingerprint density at radius 3 is 2.55 bits per heavy atom. The molecule has 5 heteroatoms. The summed E-state index contributed by atoms with van der Waals surface area (Å²) in [4.78, 5) is 13.4. The Balaban J connectivity index is 2.07. The molecule has 1 aromatic carbocycles. The van der Waals surface area contributed by atoms with Gasteiger partial charge in [0.1, 0.15) is 11.4 Å². The van der Waals surface area contributed by atoms with E-state index in [4.69, 9.17) is 10.5 Å². The third-order valence-corrected chi connectivity index (χ3v) is 3.33. The quantitative estimate of drug-likeness (QED) is 0.860. The van der Waals surface area contributed by atoms with E-state index < -0.39 is 11.1 Å². The second kappa shape index (κ2) is 4.74. The molecular formula is C15H21FN2O2. The molecule has 2 rings (SSSR count). The number of benzene rings is 1. The average Bonchev–Trinajstić information content (AvgIpc) is 2.25. The van der Waals surface area contributed by atoms with Crippen LogP contribution in [0.5, 0.6) is 0 Å². The van der Waals surface area contributed by atoms with E-state index in [0.717, 1.165) is 11.1 Å². The molecule has 0 spiro atoms. The van der Waals surface area contributed by atoms with Gasteiger partial charge in [-0.1, -0.05) is 6.07 Å². The molecule has 0 radical (unpaired) electrons. The van der Waals surface area contributed by atoms with Crippen LogP contribution in [0.1, 0.15) is 31.9 Å². The molecule has 1 heterocycles. The van der Waals surface area contributed by atoms with Crippen LogP contribution in [-0.2, 0) is 10.3 Å². The zero-order chi connectivity index (χ0) is 15.1. The molecule has 20 heavy (non-hydrogen) atoms.